The summed E-state index contributed by atoms with van der Waals surface area (Å²) in [5.41, 5.74) is 1.09. The molecule has 4 rings (SSSR count). The van der Waals surface area contributed by atoms with Crippen molar-refractivity contribution in [3.63, 3.8) is 0 Å². The zero-order chi connectivity index (χ0) is 18.1. The van der Waals surface area contributed by atoms with E-state index in [9.17, 15) is 9.59 Å². The Morgan fingerprint density at radius 3 is 2.58 bits per heavy atom. The van der Waals surface area contributed by atoms with Crippen LogP contribution in [0, 0.1) is 0 Å². The Hall–Kier alpha value is -2.91. The number of aromatic nitrogens is 5. The molecule has 134 valence electrons. The minimum absolute atomic E-state index is 0.0887. The van der Waals surface area contributed by atoms with Gasteiger partial charge in [-0.25, -0.2) is 9.78 Å². The highest BCUT2D eigenvalue weighted by atomic mass is 16.5. The predicted octanol–water partition coefficient (Wildman–Crippen LogP) is -0.0890. The molecule has 3 aromatic rings. The van der Waals surface area contributed by atoms with E-state index in [0.717, 1.165) is 43.0 Å². The van der Waals surface area contributed by atoms with Crippen LogP contribution in [-0.4, -0.2) is 55.9 Å². The van der Waals surface area contributed by atoms with Gasteiger partial charge in [-0.05, 0) is 5.56 Å². The molecule has 1 saturated heterocycles. The molecule has 1 aliphatic rings. The molecule has 0 bridgehead atoms. The van der Waals surface area contributed by atoms with Gasteiger partial charge >= 0.3 is 5.69 Å². The number of hydrogen-bond donors (Lipinski definition) is 1. The minimum atomic E-state index is -0.543. The van der Waals surface area contributed by atoms with E-state index in [1.807, 2.05) is 24.3 Å². The third-order valence-electron chi connectivity index (χ3n) is 4.45. The zero-order valence-corrected chi connectivity index (χ0v) is 14.3. The van der Waals surface area contributed by atoms with E-state index in [-0.39, 0.29) is 11.2 Å². The first kappa shape index (κ1) is 16.6. The Labute approximate surface area is 148 Å². The second-order valence-corrected chi connectivity index (χ2v) is 6.21. The van der Waals surface area contributed by atoms with E-state index in [1.54, 1.807) is 0 Å². The molecular weight excluding hydrogens is 336 g/mol. The fourth-order valence-electron chi connectivity index (χ4n) is 2.89. The number of nitrogens with one attached hydrogen (secondary N) is 1. The van der Waals surface area contributed by atoms with Gasteiger partial charge < -0.3 is 4.74 Å². The lowest BCUT2D eigenvalue weighted by molar-refractivity contribution is 0.0342. The number of aromatic amines is 1. The minimum Gasteiger partial charge on any atom is -0.379 e. The molecule has 0 aliphatic carbocycles. The molecule has 0 radical (unpaired) electrons. The van der Waals surface area contributed by atoms with Crippen molar-refractivity contribution >= 4 is 11.2 Å². The molecule has 2 aromatic heterocycles. The highest BCUT2D eigenvalue weighted by Gasteiger charge is 2.13. The Bertz CT molecular complexity index is 1050. The number of benzene rings is 1. The number of H-pyrrole nitrogens is 1. The van der Waals surface area contributed by atoms with Crippen LogP contribution in [0.4, 0.5) is 0 Å². The van der Waals surface area contributed by atoms with E-state index >= 15 is 0 Å². The van der Waals surface area contributed by atoms with Crippen LogP contribution < -0.4 is 11.2 Å². The number of hydrogen-bond acceptors (Lipinski definition) is 7. The van der Waals surface area contributed by atoms with Crippen LogP contribution in [-0.2, 0) is 18.3 Å². The lowest BCUT2D eigenvalue weighted by Crippen LogP contribution is -2.35. The second-order valence-electron chi connectivity index (χ2n) is 6.21. The Balaban J connectivity index is 1.63. The van der Waals surface area contributed by atoms with Crippen LogP contribution in [0.2, 0.25) is 0 Å². The van der Waals surface area contributed by atoms with E-state index in [4.69, 9.17) is 4.74 Å². The van der Waals surface area contributed by atoms with Crippen molar-refractivity contribution in [2.75, 3.05) is 26.3 Å². The van der Waals surface area contributed by atoms with Crippen molar-refractivity contribution < 1.29 is 4.74 Å². The maximum absolute atomic E-state index is 12.2. The highest BCUT2D eigenvalue weighted by Crippen LogP contribution is 2.17. The van der Waals surface area contributed by atoms with Gasteiger partial charge in [-0.1, -0.05) is 24.3 Å². The molecule has 0 unspecified atom stereocenters. The lowest BCUT2D eigenvalue weighted by atomic mass is 10.1. The third kappa shape index (κ3) is 3.14. The van der Waals surface area contributed by atoms with Crippen LogP contribution in [0.1, 0.15) is 5.56 Å². The van der Waals surface area contributed by atoms with Crippen molar-refractivity contribution in [3.05, 3.63) is 50.7 Å². The zero-order valence-electron chi connectivity index (χ0n) is 14.3. The number of ether oxygens (including phenoxy) is 1. The van der Waals surface area contributed by atoms with E-state index in [2.05, 4.69) is 25.1 Å². The summed E-state index contributed by atoms with van der Waals surface area (Å²) in [6.07, 6.45) is 0. The number of morpholine rings is 1. The largest absolute Gasteiger partial charge is 0.379 e. The van der Waals surface area contributed by atoms with Crippen molar-refractivity contribution in [1.29, 1.82) is 0 Å². The summed E-state index contributed by atoms with van der Waals surface area (Å²) >= 11 is 0. The Morgan fingerprint density at radius 1 is 1.12 bits per heavy atom. The van der Waals surface area contributed by atoms with Crippen molar-refractivity contribution in [3.8, 4) is 11.4 Å². The summed E-state index contributed by atoms with van der Waals surface area (Å²) < 4.78 is 6.32. The fourth-order valence-corrected chi connectivity index (χ4v) is 2.89. The topological polar surface area (TPSA) is 106 Å². The molecule has 0 amide bonds. The van der Waals surface area contributed by atoms with Gasteiger partial charge in [-0.15, -0.1) is 10.2 Å². The molecule has 1 fully saturated rings. The lowest BCUT2D eigenvalue weighted by Gasteiger charge is -2.26. The van der Waals surface area contributed by atoms with Gasteiger partial charge in [0.1, 0.15) is 0 Å². The summed E-state index contributed by atoms with van der Waals surface area (Å²) in [6.45, 7) is 4.27. The third-order valence-corrected chi connectivity index (χ3v) is 4.45. The molecule has 1 N–H and O–H groups in total. The molecule has 3 heterocycles. The van der Waals surface area contributed by atoms with Gasteiger partial charge in [0, 0.05) is 32.2 Å². The molecule has 1 aromatic carbocycles. The summed E-state index contributed by atoms with van der Waals surface area (Å²) in [5, 5.41) is 7.96. The van der Waals surface area contributed by atoms with Gasteiger partial charge in [0.05, 0.1) is 13.2 Å². The van der Waals surface area contributed by atoms with Gasteiger partial charge in [-0.2, -0.15) is 0 Å². The van der Waals surface area contributed by atoms with Gasteiger partial charge in [0.25, 0.3) is 5.56 Å². The predicted molar refractivity (Wildman–Crippen MR) is 94.7 cm³/mol. The molecule has 0 saturated carbocycles. The molecule has 9 nitrogen and oxygen atoms in total. The second kappa shape index (κ2) is 6.77. The molecular formula is C17H18N6O3. The molecule has 26 heavy (non-hydrogen) atoms. The van der Waals surface area contributed by atoms with Crippen molar-refractivity contribution in [1.82, 2.24) is 29.6 Å². The van der Waals surface area contributed by atoms with Crippen LogP contribution in [0.5, 0.6) is 0 Å². The Morgan fingerprint density at radius 2 is 1.85 bits per heavy atom. The van der Waals surface area contributed by atoms with Gasteiger partial charge in [-0.3, -0.25) is 19.2 Å². The van der Waals surface area contributed by atoms with E-state index in [0.29, 0.717) is 5.82 Å². The Kier molecular flexibility index (Phi) is 4.31. The summed E-state index contributed by atoms with van der Waals surface area (Å²) in [4.78, 5) is 32.9. The average molecular weight is 354 g/mol. The van der Waals surface area contributed by atoms with Crippen LogP contribution in [0.25, 0.3) is 22.6 Å². The average Bonchev–Trinajstić information content (AvgIpc) is 2.68. The first-order chi connectivity index (χ1) is 12.6. The maximum atomic E-state index is 12.2. The number of fused-ring (bicyclic) bond motifs is 1. The smallest absolute Gasteiger partial charge is 0.329 e. The van der Waals surface area contributed by atoms with E-state index < -0.39 is 11.2 Å². The first-order valence-corrected chi connectivity index (χ1v) is 8.35. The van der Waals surface area contributed by atoms with Gasteiger partial charge in [0.2, 0.25) is 0 Å². The SMILES string of the molecule is Cn1c(=O)[nH]c2nnc(-c3ccc(CN4CCOCC4)cc3)nc2c1=O. The molecule has 1 aliphatic heterocycles. The van der Waals surface area contributed by atoms with Crippen molar-refractivity contribution in [2.24, 2.45) is 7.05 Å². The standard InChI is InChI=1S/C17H18N6O3/c1-22-16(24)13-15(19-17(22)25)21-20-14(18-13)12-4-2-11(3-5-12)10-23-6-8-26-9-7-23/h2-5H,6-10H2,1H3,(H,19,21,25). The summed E-state index contributed by atoms with van der Waals surface area (Å²) in [5.74, 6) is 0.347. The van der Waals surface area contributed by atoms with Crippen molar-refractivity contribution in [2.45, 2.75) is 6.54 Å². The summed E-state index contributed by atoms with van der Waals surface area (Å²) in [7, 11) is 1.39. The van der Waals surface area contributed by atoms with Crippen LogP contribution in [0.15, 0.2) is 33.9 Å². The van der Waals surface area contributed by atoms with Gasteiger partial charge in [0.15, 0.2) is 17.0 Å². The molecule has 0 spiro atoms. The van der Waals surface area contributed by atoms with Crippen LogP contribution >= 0.6 is 0 Å². The monoisotopic (exact) mass is 354 g/mol. The molecule has 0 atom stereocenters. The van der Waals surface area contributed by atoms with Crippen LogP contribution in [0.3, 0.4) is 0 Å². The van der Waals surface area contributed by atoms with E-state index in [1.165, 1.54) is 12.6 Å². The normalized spacial score (nSPS) is 15.4. The first-order valence-electron chi connectivity index (χ1n) is 8.35. The summed E-state index contributed by atoms with van der Waals surface area (Å²) in [6, 6.07) is 7.86. The number of rotatable bonds is 3. The fraction of sp³-hybridized carbons (Fsp3) is 0.353. The quantitative estimate of drug-likeness (QED) is 0.701. The number of nitrogens with zero attached hydrogens (tertiary/aromatic N) is 5. The maximum Gasteiger partial charge on any atom is 0.329 e. The highest BCUT2D eigenvalue weighted by molar-refractivity contribution is 5.70. The molecule has 9 heteroatoms.